The first-order chi connectivity index (χ1) is 6.22. The molecule has 0 aliphatic rings. The second-order valence-electron chi connectivity index (χ2n) is 2.94. The third kappa shape index (κ3) is 3.79. The number of rotatable bonds is 4. The van der Waals surface area contributed by atoms with Gasteiger partial charge in [-0.3, -0.25) is 0 Å². The van der Waals surface area contributed by atoms with Gasteiger partial charge in [0.25, 0.3) is 0 Å². The first-order valence-electron chi connectivity index (χ1n) is 4.14. The van der Waals surface area contributed by atoms with Gasteiger partial charge in [-0.2, -0.15) is 11.8 Å². The lowest BCUT2D eigenvalue weighted by atomic mass is 10.1. The lowest BCUT2D eigenvalue weighted by Gasteiger charge is -2.08. The van der Waals surface area contributed by atoms with Crippen LogP contribution in [0.2, 0.25) is 0 Å². The van der Waals surface area contributed by atoms with Crippen LogP contribution < -0.4 is 0 Å². The number of hydrogen-bond donors (Lipinski definition) is 1. The van der Waals surface area contributed by atoms with E-state index in [1.807, 2.05) is 6.26 Å². The van der Waals surface area contributed by atoms with Crippen LogP contribution in [0.4, 0.5) is 4.39 Å². The van der Waals surface area contributed by atoms with Crippen LogP contribution in [0, 0.1) is 5.82 Å². The second kappa shape index (κ2) is 5.25. The minimum atomic E-state index is -0.333. The molecule has 0 saturated heterocycles. The molecule has 1 rings (SSSR count). The van der Waals surface area contributed by atoms with Crippen LogP contribution in [-0.2, 0) is 6.42 Å². The summed E-state index contributed by atoms with van der Waals surface area (Å²) in [6, 6.07) is 6.25. The van der Waals surface area contributed by atoms with E-state index in [0.29, 0.717) is 6.42 Å². The third-order valence-electron chi connectivity index (χ3n) is 1.74. The van der Waals surface area contributed by atoms with Gasteiger partial charge in [0.15, 0.2) is 0 Å². The van der Waals surface area contributed by atoms with Crippen molar-refractivity contribution < 1.29 is 9.50 Å². The fourth-order valence-corrected chi connectivity index (χ4v) is 1.65. The van der Waals surface area contributed by atoms with Crippen molar-refractivity contribution in [2.24, 2.45) is 0 Å². The Morgan fingerprint density at radius 3 is 2.54 bits per heavy atom. The normalized spacial score (nSPS) is 12.8. The van der Waals surface area contributed by atoms with Crippen LogP contribution >= 0.6 is 11.8 Å². The molecule has 0 radical (unpaired) electrons. The van der Waals surface area contributed by atoms with Crippen LogP contribution in [-0.4, -0.2) is 23.2 Å². The van der Waals surface area contributed by atoms with Gasteiger partial charge in [-0.1, -0.05) is 12.1 Å². The highest BCUT2D eigenvalue weighted by molar-refractivity contribution is 7.98. The maximum atomic E-state index is 12.5. The van der Waals surface area contributed by atoms with Gasteiger partial charge in [0.05, 0.1) is 6.10 Å². The maximum Gasteiger partial charge on any atom is 0.123 e. The van der Waals surface area contributed by atoms with E-state index in [9.17, 15) is 9.50 Å². The molecule has 72 valence electrons. The van der Waals surface area contributed by atoms with Gasteiger partial charge >= 0.3 is 0 Å². The summed E-state index contributed by atoms with van der Waals surface area (Å²) in [5.41, 5.74) is 0.975. The quantitative estimate of drug-likeness (QED) is 0.803. The highest BCUT2D eigenvalue weighted by Gasteiger charge is 2.04. The summed E-state index contributed by atoms with van der Waals surface area (Å²) < 4.78 is 12.5. The van der Waals surface area contributed by atoms with Crippen molar-refractivity contribution >= 4 is 11.8 Å². The summed E-state index contributed by atoms with van der Waals surface area (Å²) in [5.74, 6) is 0.486. The van der Waals surface area contributed by atoms with E-state index in [-0.39, 0.29) is 11.9 Å². The fourth-order valence-electron chi connectivity index (χ4n) is 1.14. The first kappa shape index (κ1) is 10.5. The van der Waals surface area contributed by atoms with Crippen molar-refractivity contribution in [2.45, 2.75) is 12.5 Å². The monoisotopic (exact) mass is 200 g/mol. The first-order valence-corrected chi connectivity index (χ1v) is 5.53. The molecule has 1 atom stereocenters. The largest absolute Gasteiger partial charge is 0.392 e. The zero-order valence-electron chi connectivity index (χ0n) is 7.53. The summed E-state index contributed by atoms with van der Waals surface area (Å²) in [4.78, 5) is 0. The maximum absolute atomic E-state index is 12.5. The standard InChI is InChI=1S/C10H13FOS/c1-13-7-10(12)6-8-2-4-9(11)5-3-8/h2-5,10,12H,6-7H2,1H3. The van der Waals surface area contributed by atoms with E-state index in [0.717, 1.165) is 11.3 Å². The van der Waals surface area contributed by atoms with Crippen molar-refractivity contribution in [3.8, 4) is 0 Å². The number of aliphatic hydroxyl groups excluding tert-OH is 1. The van der Waals surface area contributed by atoms with Gasteiger partial charge in [-0.15, -0.1) is 0 Å². The Kier molecular flexibility index (Phi) is 4.25. The molecule has 0 saturated carbocycles. The number of benzene rings is 1. The van der Waals surface area contributed by atoms with Crippen molar-refractivity contribution in [3.05, 3.63) is 35.6 Å². The topological polar surface area (TPSA) is 20.2 Å². The van der Waals surface area contributed by atoms with E-state index < -0.39 is 0 Å². The Morgan fingerprint density at radius 1 is 1.38 bits per heavy atom. The summed E-state index contributed by atoms with van der Waals surface area (Å²) in [6.07, 6.45) is 2.22. The summed E-state index contributed by atoms with van der Waals surface area (Å²) >= 11 is 1.61. The Labute approximate surface area is 82.0 Å². The molecule has 1 aromatic rings. The predicted octanol–water partition coefficient (Wildman–Crippen LogP) is 2.09. The Hall–Kier alpha value is -0.540. The Bertz CT molecular complexity index is 248. The van der Waals surface area contributed by atoms with Gasteiger partial charge in [-0.05, 0) is 30.4 Å². The second-order valence-corrected chi connectivity index (χ2v) is 3.85. The van der Waals surface area contributed by atoms with Crippen LogP contribution in [0.15, 0.2) is 24.3 Å². The third-order valence-corrected chi connectivity index (χ3v) is 2.46. The Balaban J connectivity index is 2.49. The lowest BCUT2D eigenvalue weighted by Crippen LogP contribution is -2.13. The highest BCUT2D eigenvalue weighted by Crippen LogP contribution is 2.08. The molecule has 0 amide bonds. The molecule has 1 nitrogen and oxygen atoms in total. The number of thioether (sulfide) groups is 1. The molecule has 0 heterocycles. The number of halogens is 1. The van der Waals surface area contributed by atoms with Gasteiger partial charge in [-0.25, -0.2) is 4.39 Å². The summed E-state index contributed by atoms with van der Waals surface area (Å²) in [7, 11) is 0. The van der Waals surface area contributed by atoms with Crippen molar-refractivity contribution in [2.75, 3.05) is 12.0 Å². The summed E-state index contributed by atoms with van der Waals surface area (Å²) in [6.45, 7) is 0. The van der Waals surface area contributed by atoms with Crippen molar-refractivity contribution in [3.63, 3.8) is 0 Å². The molecule has 0 bridgehead atoms. The molecule has 1 aromatic carbocycles. The molecule has 0 aromatic heterocycles. The van der Waals surface area contributed by atoms with Crippen LogP contribution in [0.25, 0.3) is 0 Å². The van der Waals surface area contributed by atoms with Gasteiger partial charge in [0.1, 0.15) is 5.82 Å². The minimum Gasteiger partial charge on any atom is -0.392 e. The number of aliphatic hydroxyl groups is 1. The molecule has 0 fully saturated rings. The smallest absolute Gasteiger partial charge is 0.123 e. The molecule has 0 aliphatic carbocycles. The van der Waals surface area contributed by atoms with E-state index >= 15 is 0 Å². The molecule has 1 N–H and O–H groups in total. The SMILES string of the molecule is CSCC(O)Cc1ccc(F)cc1. The lowest BCUT2D eigenvalue weighted by molar-refractivity contribution is 0.200. The molecular weight excluding hydrogens is 187 g/mol. The molecular formula is C10H13FOS. The van der Waals surface area contributed by atoms with Gasteiger partial charge in [0, 0.05) is 5.75 Å². The van der Waals surface area contributed by atoms with Crippen LogP contribution in [0.3, 0.4) is 0 Å². The zero-order valence-corrected chi connectivity index (χ0v) is 8.35. The van der Waals surface area contributed by atoms with Crippen molar-refractivity contribution in [1.82, 2.24) is 0 Å². The predicted molar refractivity (Wildman–Crippen MR) is 54.5 cm³/mol. The van der Waals surface area contributed by atoms with Crippen LogP contribution in [0.1, 0.15) is 5.56 Å². The average Bonchev–Trinajstić information content (AvgIpc) is 2.09. The van der Waals surface area contributed by atoms with Crippen LogP contribution in [0.5, 0.6) is 0 Å². The highest BCUT2D eigenvalue weighted by atomic mass is 32.2. The molecule has 0 aliphatic heterocycles. The van der Waals surface area contributed by atoms with Crippen molar-refractivity contribution in [1.29, 1.82) is 0 Å². The van der Waals surface area contributed by atoms with Gasteiger partial charge in [0.2, 0.25) is 0 Å². The molecule has 13 heavy (non-hydrogen) atoms. The fraction of sp³-hybridized carbons (Fsp3) is 0.400. The van der Waals surface area contributed by atoms with Gasteiger partial charge < -0.3 is 5.11 Å². The van der Waals surface area contributed by atoms with E-state index in [2.05, 4.69) is 0 Å². The molecule has 1 unspecified atom stereocenters. The number of hydrogen-bond acceptors (Lipinski definition) is 2. The van der Waals surface area contributed by atoms with E-state index in [1.54, 1.807) is 23.9 Å². The average molecular weight is 200 g/mol. The molecule has 3 heteroatoms. The summed E-state index contributed by atoms with van der Waals surface area (Å²) in [5, 5.41) is 9.46. The zero-order chi connectivity index (χ0) is 9.68. The minimum absolute atomic E-state index is 0.233. The van der Waals surface area contributed by atoms with E-state index in [4.69, 9.17) is 0 Å². The Morgan fingerprint density at radius 2 is 2.00 bits per heavy atom. The van der Waals surface area contributed by atoms with E-state index in [1.165, 1.54) is 12.1 Å². The molecule has 0 spiro atoms.